The molecule has 27 heavy (non-hydrogen) atoms. The van der Waals surface area contributed by atoms with Crippen molar-refractivity contribution in [2.24, 2.45) is 0 Å². The smallest absolute Gasteiger partial charge is 0.251 e. The van der Waals surface area contributed by atoms with E-state index in [0.29, 0.717) is 5.56 Å². The first-order valence-corrected chi connectivity index (χ1v) is 9.28. The Labute approximate surface area is 159 Å². The second-order valence-electron chi connectivity index (χ2n) is 6.79. The maximum absolute atomic E-state index is 12.8. The molecule has 0 bridgehead atoms. The number of carbonyl (C=O) groups is 1. The van der Waals surface area contributed by atoms with Crippen LogP contribution in [0.3, 0.4) is 0 Å². The van der Waals surface area contributed by atoms with Crippen molar-refractivity contribution >= 4 is 5.91 Å². The average molecular weight is 358 g/mol. The Hall–Kier alpha value is -3.14. The molecule has 1 aromatic heterocycles. The normalized spacial score (nSPS) is 15.9. The van der Waals surface area contributed by atoms with E-state index in [-0.39, 0.29) is 18.1 Å². The van der Waals surface area contributed by atoms with E-state index in [1.54, 1.807) is 12.4 Å². The maximum atomic E-state index is 12.8. The van der Waals surface area contributed by atoms with Gasteiger partial charge in [-0.05, 0) is 42.7 Å². The summed E-state index contributed by atoms with van der Waals surface area (Å²) in [5, 5.41) is 3.08. The van der Waals surface area contributed by atoms with Crippen molar-refractivity contribution in [3.63, 3.8) is 0 Å². The molecule has 0 spiro atoms. The zero-order valence-corrected chi connectivity index (χ0v) is 15.5. The first-order chi connectivity index (χ1) is 13.2. The van der Waals surface area contributed by atoms with E-state index in [1.807, 2.05) is 61.5 Å². The van der Waals surface area contributed by atoms with E-state index in [4.69, 9.17) is 4.74 Å². The summed E-state index contributed by atoms with van der Waals surface area (Å²) >= 11 is 0. The Balaban J connectivity index is 1.63. The quantitative estimate of drug-likeness (QED) is 0.707. The Morgan fingerprint density at radius 1 is 1.15 bits per heavy atom. The zero-order chi connectivity index (χ0) is 18.8. The van der Waals surface area contributed by atoms with E-state index in [0.717, 1.165) is 34.4 Å². The molecule has 2 heterocycles. The van der Waals surface area contributed by atoms with E-state index >= 15 is 0 Å². The van der Waals surface area contributed by atoms with Gasteiger partial charge in [0.15, 0.2) is 0 Å². The van der Waals surface area contributed by atoms with Gasteiger partial charge in [-0.3, -0.25) is 9.78 Å². The minimum atomic E-state index is -0.0791. The molecule has 1 N–H and O–H groups in total. The number of benzene rings is 2. The molecule has 1 aliphatic rings. The number of nitrogens with one attached hydrogen (secondary N) is 1. The van der Waals surface area contributed by atoms with E-state index in [2.05, 4.69) is 17.2 Å². The van der Waals surface area contributed by atoms with Gasteiger partial charge < -0.3 is 10.1 Å². The van der Waals surface area contributed by atoms with Crippen LogP contribution in [0.1, 0.15) is 53.9 Å². The number of ether oxygens (including phenoxy) is 1. The fourth-order valence-corrected chi connectivity index (χ4v) is 3.54. The number of hydrogen-bond donors (Lipinski definition) is 1. The maximum Gasteiger partial charge on any atom is 0.251 e. The van der Waals surface area contributed by atoms with Crippen molar-refractivity contribution in [1.29, 1.82) is 0 Å². The lowest BCUT2D eigenvalue weighted by atomic mass is 9.90. The van der Waals surface area contributed by atoms with Gasteiger partial charge in [-0.2, -0.15) is 0 Å². The van der Waals surface area contributed by atoms with Crippen LogP contribution < -0.4 is 10.1 Å². The molecule has 1 amide bonds. The highest BCUT2D eigenvalue weighted by atomic mass is 16.5. The van der Waals surface area contributed by atoms with Crippen LogP contribution in [0.4, 0.5) is 0 Å². The molecule has 4 nitrogen and oxygen atoms in total. The van der Waals surface area contributed by atoms with Crippen LogP contribution in [0.2, 0.25) is 0 Å². The minimum absolute atomic E-state index is 0.0558. The molecule has 3 aromatic rings. The highest BCUT2D eigenvalue weighted by Crippen LogP contribution is 2.43. The second-order valence-corrected chi connectivity index (χ2v) is 6.79. The fourth-order valence-electron chi connectivity index (χ4n) is 3.54. The number of fused-ring (bicyclic) bond motifs is 3. The van der Waals surface area contributed by atoms with Crippen molar-refractivity contribution in [2.45, 2.75) is 32.4 Å². The Kier molecular flexibility index (Phi) is 4.63. The first-order valence-electron chi connectivity index (χ1n) is 9.28. The number of carbonyl (C=O) groups excluding carboxylic acids is 1. The van der Waals surface area contributed by atoms with Crippen LogP contribution in [-0.2, 0) is 0 Å². The molecule has 0 saturated heterocycles. The predicted octanol–water partition coefficient (Wildman–Crippen LogP) is 5.08. The minimum Gasteiger partial charge on any atom is -0.483 e. The molecule has 136 valence electrons. The number of amides is 1. The topological polar surface area (TPSA) is 51.2 Å². The van der Waals surface area contributed by atoms with Crippen LogP contribution in [-0.4, -0.2) is 10.9 Å². The Morgan fingerprint density at radius 3 is 2.74 bits per heavy atom. The number of nitrogens with zero attached hydrogens (tertiary/aromatic N) is 1. The summed E-state index contributed by atoms with van der Waals surface area (Å²) in [4.78, 5) is 17.0. The summed E-state index contributed by atoms with van der Waals surface area (Å²) in [5.74, 6) is 0.719. The Bertz CT molecular complexity index is 969. The van der Waals surface area contributed by atoms with Gasteiger partial charge in [0.25, 0.3) is 5.91 Å². The molecule has 0 saturated carbocycles. The van der Waals surface area contributed by atoms with Crippen LogP contribution in [0.15, 0.2) is 67.0 Å². The third-order valence-corrected chi connectivity index (χ3v) is 5.02. The van der Waals surface area contributed by atoms with E-state index in [9.17, 15) is 4.79 Å². The summed E-state index contributed by atoms with van der Waals surface area (Å²) in [7, 11) is 0. The molecule has 2 atom stereocenters. The predicted molar refractivity (Wildman–Crippen MR) is 106 cm³/mol. The zero-order valence-electron chi connectivity index (χ0n) is 15.5. The number of rotatable bonds is 4. The molecule has 1 aliphatic heterocycles. The van der Waals surface area contributed by atoms with Gasteiger partial charge in [-0.25, -0.2) is 0 Å². The summed E-state index contributed by atoms with van der Waals surface area (Å²) in [6.07, 6.45) is 4.27. The molecular weight excluding hydrogens is 336 g/mol. The largest absolute Gasteiger partial charge is 0.483 e. The standard InChI is InChI=1S/C23H22N2O2/c1-3-21-20-13-17(23(26)25-15(2)16-7-5-4-6-8-16)9-10-18(20)19-11-12-24-14-22(19)27-21/h4-15,21H,3H2,1-2H3,(H,25,26)/t15-,21?/m1/s1. The van der Waals surface area contributed by atoms with Crippen LogP contribution in [0.25, 0.3) is 11.1 Å². The van der Waals surface area contributed by atoms with Gasteiger partial charge in [-0.15, -0.1) is 0 Å². The molecular formula is C23H22N2O2. The van der Waals surface area contributed by atoms with Gasteiger partial charge in [0.2, 0.25) is 0 Å². The lowest BCUT2D eigenvalue weighted by Gasteiger charge is -2.28. The van der Waals surface area contributed by atoms with Crippen LogP contribution in [0.5, 0.6) is 5.75 Å². The van der Waals surface area contributed by atoms with Crippen molar-refractivity contribution in [3.05, 3.63) is 83.7 Å². The third-order valence-electron chi connectivity index (χ3n) is 5.02. The summed E-state index contributed by atoms with van der Waals surface area (Å²) < 4.78 is 6.10. The van der Waals surface area contributed by atoms with Gasteiger partial charge in [-0.1, -0.05) is 43.3 Å². The lowest BCUT2D eigenvalue weighted by Crippen LogP contribution is -2.27. The molecule has 0 fully saturated rings. The Morgan fingerprint density at radius 2 is 1.96 bits per heavy atom. The molecule has 0 radical (unpaired) electrons. The monoisotopic (exact) mass is 358 g/mol. The number of aromatic nitrogens is 1. The van der Waals surface area contributed by atoms with Crippen molar-refractivity contribution in [1.82, 2.24) is 10.3 Å². The molecule has 1 unspecified atom stereocenters. The lowest BCUT2D eigenvalue weighted by molar-refractivity contribution is 0.0939. The van der Waals surface area contributed by atoms with Crippen molar-refractivity contribution < 1.29 is 9.53 Å². The average Bonchev–Trinajstić information content (AvgIpc) is 2.73. The molecule has 0 aliphatic carbocycles. The summed E-state index contributed by atoms with van der Waals surface area (Å²) in [6.45, 7) is 4.08. The van der Waals surface area contributed by atoms with Crippen molar-refractivity contribution in [2.75, 3.05) is 0 Å². The van der Waals surface area contributed by atoms with Gasteiger partial charge in [0, 0.05) is 22.9 Å². The highest BCUT2D eigenvalue weighted by Gasteiger charge is 2.26. The van der Waals surface area contributed by atoms with E-state index < -0.39 is 0 Å². The SMILES string of the molecule is CCC1Oc2cnccc2-c2ccc(C(=O)N[C@H](C)c3ccccc3)cc21. The number of pyridine rings is 1. The van der Waals surface area contributed by atoms with Gasteiger partial charge in [0.05, 0.1) is 12.2 Å². The van der Waals surface area contributed by atoms with Crippen LogP contribution in [0, 0.1) is 0 Å². The van der Waals surface area contributed by atoms with Crippen molar-refractivity contribution in [3.8, 4) is 16.9 Å². The third kappa shape index (κ3) is 3.31. The molecule has 4 rings (SSSR count). The second kappa shape index (κ2) is 7.23. The van der Waals surface area contributed by atoms with Crippen LogP contribution >= 0.6 is 0 Å². The van der Waals surface area contributed by atoms with Gasteiger partial charge >= 0.3 is 0 Å². The molecule has 2 aromatic carbocycles. The van der Waals surface area contributed by atoms with Gasteiger partial charge in [0.1, 0.15) is 11.9 Å². The molecule has 4 heteroatoms. The highest BCUT2D eigenvalue weighted by molar-refractivity contribution is 5.95. The summed E-state index contributed by atoms with van der Waals surface area (Å²) in [5.41, 5.74) is 4.92. The fraction of sp³-hybridized carbons (Fsp3) is 0.217. The summed E-state index contributed by atoms with van der Waals surface area (Å²) in [6, 6.07) is 17.7. The first kappa shape index (κ1) is 17.3. The van der Waals surface area contributed by atoms with E-state index in [1.165, 1.54) is 0 Å². The number of hydrogen-bond acceptors (Lipinski definition) is 3.